The van der Waals surface area contributed by atoms with Crippen LogP contribution < -0.4 is 5.32 Å². The molecular weight excluding hydrogens is 250 g/mol. The molecule has 2 N–H and O–H groups in total. The van der Waals surface area contributed by atoms with Crippen LogP contribution in [0.25, 0.3) is 0 Å². The second-order valence-electron chi connectivity index (χ2n) is 6.04. The van der Waals surface area contributed by atoms with Gasteiger partial charge in [0.05, 0.1) is 12.1 Å². The van der Waals surface area contributed by atoms with Gasteiger partial charge in [-0.15, -0.1) is 0 Å². The predicted molar refractivity (Wildman–Crippen MR) is 82.4 cm³/mol. The van der Waals surface area contributed by atoms with Crippen molar-refractivity contribution in [2.75, 3.05) is 0 Å². The molecule has 3 nitrogen and oxygen atoms in total. The van der Waals surface area contributed by atoms with Crippen molar-refractivity contribution >= 4 is 5.91 Å². The summed E-state index contributed by atoms with van der Waals surface area (Å²) >= 11 is 0. The summed E-state index contributed by atoms with van der Waals surface area (Å²) in [4.78, 5) is 11.9. The molecule has 3 atom stereocenters. The molecular formula is C17H27NO2. The number of rotatable bonds is 7. The van der Waals surface area contributed by atoms with Gasteiger partial charge in [-0.1, -0.05) is 51.1 Å². The summed E-state index contributed by atoms with van der Waals surface area (Å²) in [6, 6.07) is 9.60. The zero-order valence-electron chi connectivity index (χ0n) is 13.0. The van der Waals surface area contributed by atoms with Gasteiger partial charge in [0.25, 0.3) is 0 Å². The van der Waals surface area contributed by atoms with E-state index in [1.165, 1.54) is 0 Å². The standard InChI is InChI=1S/C17H27NO2/c1-12(2)13(3)10-17(20)18-14(4)16(19)11-15-8-6-5-7-9-15/h5-9,12-14,16,19H,10-11H2,1-4H3,(H,18,20). The molecule has 1 amide bonds. The van der Waals surface area contributed by atoms with Crippen LogP contribution in [-0.4, -0.2) is 23.2 Å². The van der Waals surface area contributed by atoms with E-state index in [1.807, 2.05) is 37.3 Å². The van der Waals surface area contributed by atoms with Crippen molar-refractivity contribution in [3.63, 3.8) is 0 Å². The molecule has 0 heterocycles. The van der Waals surface area contributed by atoms with Gasteiger partial charge in [-0.05, 0) is 24.3 Å². The lowest BCUT2D eigenvalue weighted by molar-refractivity contribution is -0.123. The summed E-state index contributed by atoms with van der Waals surface area (Å²) in [6.07, 6.45) is 0.512. The smallest absolute Gasteiger partial charge is 0.220 e. The Morgan fingerprint density at radius 3 is 2.30 bits per heavy atom. The van der Waals surface area contributed by atoms with Gasteiger partial charge < -0.3 is 10.4 Å². The molecule has 112 valence electrons. The largest absolute Gasteiger partial charge is 0.391 e. The summed E-state index contributed by atoms with van der Waals surface area (Å²) < 4.78 is 0. The molecule has 20 heavy (non-hydrogen) atoms. The first kappa shape index (κ1) is 16.7. The number of aliphatic hydroxyl groups excluding tert-OH is 1. The van der Waals surface area contributed by atoms with Crippen molar-refractivity contribution in [2.24, 2.45) is 11.8 Å². The van der Waals surface area contributed by atoms with Gasteiger partial charge in [-0.2, -0.15) is 0 Å². The number of benzene rings is 1. The molecule has 1 aromatic rings. The monoisotopic (exact) mass is 277 g/mol. The number of amides is 1. The van der Waals surface area contributed by atoms with Crippen LogP contribution in [0, 0.1) is 11.8 Å². The van der Waals surface area contributed by atoms with E-state index < -0.39 is 6.10 Å². The molecule has 0 saturated heterocycles. The zero-order valence-corrected chi connectivity index (χ0v) is 13.0. The number of hydrogen-bond acceptors (Lipinski definition) is 2. The Hall–Kier alpha value is -1.35. The molecule has 0 spiro atoms. The molecule has 0 radical (unpaired) electrons. The maximum Gasteiger partial charge on any atom is 0.220 e. The van der Waals surface area contributed by atoms with Crippen molar-refractivity contribution in [1.82, 2.24) is 5.32 Å². The van der Waals surface area contributed by atoms with E-state index >= 15 is 0 Å². The Balaban J connectivity index is 2.41. The molecule has 0 fully saturated rings. The summed E-state index contributed by atoms with van der Waals surface area (Å²) in [5.74, 6) is 0.865. The topological polar surface area (TPSA) is 49.3 Å². The quantitative estimate of drug-likeness (QED) is 0.805. The van der Waals surface area contributed by atoms with Crippen LogP contribution in [0.3, 0.4) is 0 Å². The van der Waals surface area contributed by atoms with Gasteiger partial charge in [0.2, 0.25) is 5.91 Å². The van der Waals surface area contributed by atoms with Crippen molar-refractivity contribution in [3.05, 3.63) is 35.9 Å². The molecule has 3 unspecified atom stereocenters. The molecule has 3 heteroatoms. The van der Waals surface area contributed by atoms with Crippen LogP contribution >= 0.6 is 0 Å². The van der Waals surface area contributed by atoms with Crippen LogP contribution in [0.4, 0.5) is 0 Å². The van der Waals surface area contributed by atoms with Crippen molar-refractivity contribution in [2.45, 2.75) is 52.7 Å². The Bertz CT molecular complexity index is 403. The van der Waals surface area contributed by atoms with Crippen LogP contribution in [0.2, 0.25) is 0 Å². The van der Waals surface area contributed by atoms with Gasteiger partial charge in [-0.25, -0.2) is 0 Å². The maximum absolute atomic E-state index is 11.9. The van der Waals surface area contributed by atoms with E-state index in [2.05, 4.69) is 26.1 Å². The van der Waals surface area contributed by atoms with E-state index in [-0.39, 0.29) is 11.9 Å². The predicted octanol–water partition coefficient (Wildman–Crippen LogP) is 2.78. The van der Waals surface area contributed by atoms with Gasteiger partial charge in [0.1, 0.15) is 0 Å². The number of nitrogens with one attached hydrogen (secondary N) is 1. The van der Waals surface area contributed by atoms with Crippen molar-refractivity contribution in [3.8, 4) is 0 Å². The summed E-state index contributed by atoms with van der Waals surface area (Å²) in [7, 11) is 0. The van der Waals surface area contributed by atoms with E-state index in [1.54, 1.807) is 0 Å². The summed E-state index contributed by atoms with van der Waals surface area (Å²) in [5, 5.41) is 13.0. The van der Waals surface area contributed by atoms with Crippen LogP contribution in [0.5, 0.6) is 0 Å². The first-order valence-corrected chi connectivity index (χ1v) is 7.41. The van der Waals surface area contributed by atoms with Crippen LogP contribution in [0.1, 0.15) is 39.7 Å². The lowest BCUT2D eigenvalue weighted by Gasteiger charge is -2.22. The molecule has 1 aromatic carbocycles. The second-order valence-corrected chi connectivity index (χ2v) is 6.04. The highest BCUT2D eigenvalue weighted by atomic mass is 16.3. The third-order valence-corrected chi connectivity index (χ3v) is 3.90. The minimum Gasteiger partial charge on any atom is -0.391 e. The highest BCUT2D eigenvalue weighted by Gasteiger charge is 2.19. The third kappa shape index (κ3) is 5.74. The van der Waals surface area contributed by atoms with Gasteiger partial charge in [-0.3, -0.25) is 4.79 Å². The highest BCUT2D eigenvalue weighted by molar-refractivity contribution is 5.76. The lowest BCUT2D eigenvalue weighted by Crippen LogP contribution is -2.42. The highest BCUT2D eigenvalue weighted by Crippen LogP contribution is 2.14. The second kappa shape index (κ2) is 8.05. The number of carbonyl (C=O) groups excluding carboxylic acids is 1. The lowest BCUT2D eigenvalue weighted by atomic mass is 9.94. The van der Waals surface area contributed by atoms with E-state index in [0.29, 0.717) is 24.7 Å². The van der Waals surface area contributed by atoms with Crippen molar-refractivity contribution in [1.29, 1.82) is 0 Å². The first-order chi connectivity index (χ1) is 9.40. The molecule has 0 aromatic heterocycles. The minimum absolute atomic E-state index is 0.0193. The fourth-order valence-corrected chi connectivity index (χ4v) is 1.97. The fourth-order valence-electron chi connectivity index (χ4n) is 1.97. The Morgan fingerprint density at radius 2 is 1.75 bits per heavy atom. The molecule has 0 saturated carbocycles. The molecule has 0 bridgehead atoms. The molecule has 0 aliphatic carbocycles. The fraction of sp³-hybridized carbons (Fsp3) is 0.588. The van der Waals surface area contributed by atoms with Crippen LogP contribution in [0.15, 0.2) is 30.3 Å². The summed E-state index contributed by atoms with van der Waals surface area (Å²) in [6.45, 7) is 8.16. The van der Waals surface area contributed by atoms with E-state index in [0.717, 1.165) is 5.56 Å². The first-order valence-electron chi connectivity index (χ1n) is 7.41. The van der Waals surface area contributed by atoms with E-state index in [4.69, 9.17) is 0 Å². The van der Waals surface area contributed by atoms with Crippen LogP contribution in [-0.2, 0) is 11.2 Å². The molecule has 0 aliphatic rings. The average Bonchev–Trinajstić information content (AvgIpc) is 2.39. The Morgan fingerprint density at radius 1 is 1.15 bits per heavy atom. The normalized spacial score (nSPS) is 15.7. The number of hydrogen-bond donors (Lipinski definition) is 2. The minimum atomic E-state index is -0.560. The Kier molecular flexibility index (Phi) is 6.73. The third-order valence-electron chi connectivity index (χ3n) is 3.90. The van der Waals surface area contributed by atoms with Crippen molar-refractivity contribution < 1.29 is 9.90 Å². The van der Waals surface area contributed by atoms with Gasteiger partial charge in [0, 0.05) is 12.8 Å². The average molecular weight is 277 g/mol. The number of carbonyl (C=O) groups is 1. The zero-order chi connectivity index (χ0) is 15.1. The van der Waals surface area contributed by atoms with Gasteiger partial charge >= 0.3 is 0 Å². The molecule has 1 rings (SSSR count). The van der Waals surface area contributed by atoms with Gasteiger partial charge in [0.15, 0.2) is 0 Å². The summed E-state index contributed by atoms with van der Waals surface area (Å²) in [5.41, 5.74) is 1.08. The van der Waals surface area contributed by atoms with E-state index in [9.17, 15) is 9.90 Å². The maximum atomic E-state index is 11.9. The number of aliphatic hydroxyl groups is 1. The Labute approximate surface area is 122 Å². The SMILES string of the molecule is CC(C)C(C)CC(=O)NC(C)C(O)Cc1ccccc1. The molecule has 0 aliphatic heterocycles.